The fraction of sp³-hybridized carbons (Fsp3) is 0.900. The number of nitrogens with zero attached hydrogens (tertiary/aromatic N) is 2. The predicted molar refractivity (Wildman–Crippen MR) is 68.2 cm³/mol. The van der Waals surface area contributed by atoms with Crippen LogP contribution in [0.2, 0.25) is 0 Å². The van der Waals surface area contributed by atoms with Gasteiger partial charge in [0.2, 0.25) is 0 Å². The fourth-order valence-corrected chi connectivity index (χ4v) is 2.53. The number of hydrogen-bond acceptors (Lipinski definition) is 3. The van der Waals surface area contributed by atoms with Crippen molar-refractivity contribution < 1.29 is 9.53 Å². The smallest absolute Gasteiger partial charge is 0.410 e. The van der Waals surface area contributed by atoms with Gasteiger partial charge in [-0.25, -0.2) is 4.79 Å². The van der Waals surface area contributed by atoms with Gasteiger partial charge in [-0.05, 0) is 43.0 Å². The van der Waals surface area contributed by atoms with Crippen LogP contribution < -0.4 is 0 Å². The number of rotatable bonds is 2. The first-order valence-corrected chi connectivity index (χ1v) is 6.86. The van der Waals surface area contributed by atoms with Gasteiger partial charge in [0.05, 0.1) is 0 Å². The largest absolute Gasteiger partial charge is 0.439 e. The molecule has 1 aliphatic rings. The Morgan fingerprint density at radius 1 is 1.40 bits per heavy atom. The molecule has 1 fully saturated rings. The molecule has 0 aromatic heterocycles. The zero-order valence-electron chi connectivity index (χ0n) is 9.57. The molecular formula is C10H19IN2O2. The number of carbonyl (C=O) groups is 1. The van der Waals surface area contributed by atoms with E-state index in [0.29, 0.717) is 16.7 Å². The minimum atomic E-state index is -0.182. The van der Waals surface area contributed by atoms with Crippen LogP contribution in [0.25, 0.3) is 0 Å². The quantitative estimate of drug-likeness (QED) is 0.574. The first-order valence-electron chi connectivity index (χ1n) is 5.33. The summed E-state index contributed by atoms with van der Waals surface area (Å²) in [6, 6.07) is 0.834. The second kappa shape index (κ2) is 5.89. The molecule has 0 bridgehead atoms. The molecule has 1 aliphatic heterocycles. The van der Waals surface area contributed by atoms with Gasteiger partial charge >= 0.3 is 6.09 Å². The van der Waals surface area contributed by atoms with Crippen molar-refractivity contribution in [1.82, 2.24) is 9.80 Å². The second-order valence-corrected chi connectivity index (χ2v) is 4.58. The molecule has 4 nitrogen and oxygen atoms in total. The molecule has 2 atom stereocenters. The van der Waals surface area contributed by atoms with Crippen molar-refractivity contribution in [3.8, 4) is 0 Å². The molecule has 0 radical (unpaired) electrons. The van der Waals surface area contributed by atoms with E-state index in [9.17, 15) is 4.79 Å². The van der Waals surface area contributed by atoms with Crippen LogP contribution in [0.3, 0.4) is 0 Å². The van der Waals surface area contributed by atoms with E-state index in [4.69, 9.17) is 4.74 Å². The maximum atomic E-state index is 11.6. The molecule has 0 N–H and O–H groups in total. The van der Waals surface area contributed by atoms with E-state index in [1.54, 1.807) is 4.90 Å². The lowest BCUT2D eigenvalue weighted by molar-refractivity contribution is 0.0366. The van der Waals surface area contributed by atoms with Crippen LogP contribution >= 0.6 is 22.6 Å². The molecular weight excluding hydrogens is 307 g/mol. The Hall–Kier alpha value is -0.0400. The first-order chi connectivity index (χ1) is 7.10. The number of carbonyl (C=O) groups excluding carboxylic acids is 1. The topological polar surface area (TPSA) is 32.8 Å². The van der Waals surface area contributed by atoms with Crippen LogP contribution in [0.1, 0.15) is 20.8 Å². The minimum absolute atomic E-state index is 0.182. The highest BCUT2D eigenvalue weighted by Gasteiger charge is 2.31. The average molecular weight is 326 g/mol. The van der Waals surface area contributed by atoms with Gasteiger partial charge < -0.3 is 9.64 Å². The highest BCUT2D eigenvalue weighted by molar-refractivity contribution is 14.1. The SMILES string of the molecule is CCN1[C@H](C)CN(C(=O)OCI)C[C@@H]1C. The summed E-state index contributed by atoms with van der Waals surface area (Å²) in [6.45, 7) is 9.05. The normalized spacial score (nSPS) is 27.9. The summed E-state index contributed by atoms with van der Waals surface area (Å²) in [5.41, 5.74) is 0. The Balaban J connectivity index is 2.56. The third-order valence-corrected chi connectivity index (χ3v) is 3.21. The number of amides is 1. The predicted octanol–water partition coefficient (Wildman–Crippen LogP) is 1.93. The highest BCUT2D eigenvalue weighted by atomic mass is 127. The molecule has 5 heteroatoms. The second-order valence-electron chi connectivity index (χ2n) is 3.95. The molecule has 88 valence electrons. The Morgan fingerprint density at radius 3 is 2.33 bits per heavy atom. The van der Waals surface area contributed by atoms with E-state index in [1.165, 1.54) is 0 Å². The summed E-state index contributed by atoms with van der Waals surface area (Å²) in [5.74, 6) is 0. The van der Waals surface area contributed by atoms with Gasteiger partial charge in [-0.1, -0.05) is 6.92 Å². The lowest BCUT2D eigenvalue weighted by atomic mass is 10.1. The zero-order valence-corrected chi connectivity index (χ0v) is 11.7. The number of likely N-dealkylation sites (N-methyl/N-ethyl adjacent to an activating group) is 1. The van der Waals surface area contributed by atoms with Gasteiger partial charge in [-0.2, -0.15) is 0 Å². The molecule has 1 heterocycles. The molecule has 1 rings (SSSR count). The Morgan fingerprint density at radius 2 is 1.93 bits per heavy atom. The monoisotopic (exact) mass is 326 g/mol. The van der Waals surface area contributed by atoms with Crippen molar-refractivity contribution in [3.05, 3.63) is 0 Å². The van der Waals surface area contributed by atoms with Crippen LogP contribution in [0, 0.1) is 0 Å². The highest BCUT2D eigenvalue weighted by Crippen LogP contribution is 2.15. The standard InChI is InChI=1S/C10H19IN2O2/c1-4-13-8(2)5-12(6-9(13)3)10(14)15-7-11/h8-9H,4-7H2,1-3H3/t8-,9+. The zero-order chi connectivity index (χ0) is 11.4. The molecule has 1 saturated heterocycles. The van der Waals surface area contributed by atoms with Crippen LogP contribution in [0.5, 0.6) is 0 Å². The van der Waals surface area contributed by atoms with E-state index < -0.39 is 0 Å². The third-order valence-electron chi connectivity index (χ3n) is 2.90. The van der Waals surface area contributed by atoms with Crippen molar-refractivity contribution in [3.63, 3.8) is 0 Å². The van der Waals surface area contributed by atoms with Crippen LogP contribution in [0.4, 0.5) is 4.79 Å². The maximum absolute atomic E-state index is 11.6. The molecule has 0 saturated carbocycles. The van der Waals surface area contributed by atoms with Crippen molar-refractivity contribution in [2.24, 2.45) is 0 Å². The van der Waals surface area contributed by atoms with Gasteiger partial charge in [0.25, 0.3) is 0 Å². The van der Waals surface area contributed by atoms with Gasteiger partial charge in [0.15, 0.2) is 0 Å². The number of halogens is 1. The fourth-order valence-electron chi connectivity index (χ4n) is 2.27. The Bertz CT molecular complexity index is 213. The molecule has 0 aliphatic carbocycles. The van der Waals surface area contributed by atoms with Gasteiger partial charge in [-0.3, -0.25) is 4.90 Å². The molecule has 0 unspecified atom stereocenters. The lowest BCUT2D eigenvalue weighted by Crippen LogP contribution is -2.57. The molecule has 15 heavy (non-hydrogen) atoms. The van der Waals surface area contributed by atoms with Gasteiger partial charge in [0.1, 0.15) is 4.61 Å². The summed E-state index contributed by atoms with van der Waals surface area (Å²) in [7, 11) is 0. The Labute approximate surface area is 105 Å². The summed E-state index contributed by atoms with van der Waals surface area (Å²) >= 11 is 2.04. The number of hydrogen-bond donors (Lipinski definition) is 0. The van der Waals surface area contributed by atoms with E-state index in [-0.39, 0.29) is 6.09 Å². The van der Waals surface area contributed by atoms with E-state index in [1.807, 2.05) is 22.6 Å². The average Bonchev–Trinajstić information content (AvgIpc) is 2.17. The molecule has 1 amide bonds. The lowest BCUT2D eigenvalue weighted by Gasteiger charge is -2.43. The summed E-state index contributed by atoms with van der Waals surface area (Å²) in [5, 5.41) is 0. The van der Waals surface area contributed by atoms with Crippen molar-refractivity contribution in [2.75, 3.05) is 24.2 Å². The summed E-state index contributed by atoms with van der Waals surface area (Å²) in [4.78, 5) is 15.8. The van der Waals surface area contributed by atoms with Gasteiger partial charge in [0, 0.05) is 25.2 Å². The van der Waals surface area contributed by atoms with Gasteiger partial charge in [-0.15, -0.1) is 0 Å². The van der Waals surface area contributed by atoms with Crippen molar-refractivity contribution >= 4 is 28.7 Å². The van der Waals surface area contributed by atoms with E-state index in [0.717, 1.165) is 19.6 Å². The first kappa shape index (κ1) is 13.0. The summed E-state index contributed by atoms with van der Waals surface area (Å²) < 4.78 is 5.43. The number of piperazine rings is 1. The summed E-state index contributed by atoms with van der Waals surface area (Å²) in [6.07, 6.45) is -0.182. The number of ether oxygens (including phenoxy) is 1. The van der Waals surface area contributed by atoms with E-state index in [2.05, 4.69) is 25.7 Å². The maximum Gasteiger partial charge on any atom is 0.410 e. The number of alkyl halides is 1. The third kappa shape index (κ3) is 3.21. The van der Waals surface area contributed by atoms with E-state index >= 15 is 0 Å². The molecule has 0 spiro atoms. The van der Waals surface area contributed by atoms with Crippen LogP contribution in [-0.2, 0) is 4.74 Å². The minimum Gasteiger partial charge on any atom is -0.439 e. The van der Waals surface area contributed by atoms with Crippen molar-refractivity contribution in [2.45, 2.75) is 32.9 Å². The van der Waals surface area contributed by atoms with Crippen LogP contribution in [0.15, 0.2) is 0 Å². The van der Waals surface area contributed by atoms with Crippen molar-refractivity contribution in [1.29, 1.82) is 0 Å². The Kier molecular flexibility index (Phi) is 5.11. The molecule has 0 aromatic rings. The molecule has 0 aromatic carbocycles. The van der Waals surface area contributed by atoms with Crippen LogP contribution in [-0.4, -0.2) is 52.2 Å².